The number of halogens is 3. The zero-order chi connectivity index (χ0) is 23.3. The van der Waals surface area contributed by atoms with Crippen molar-refractivity contribution >= 4 is 17.7 Å². The number of fused-ring (bicyclic) bond motifs is 1. The third kappa shape index (κ3) is 3.55. The molecule has 0 aliphatic carbocycles. The second kappa shape index (κ2) is 7.54. The van der Waals surface area contributed by atoms with E-state index in [1.807, 2.05) is 0 Å². The van der Waals surface area contributed by atoms with Crippen LogP contribution in [0.15, 0.2) is 48.7 Å². The molecule has 2 aromatic carbocycles. The van der Waals surface area contributed by atoms with Crippen LogP contribution in [0, 0.1) is 0 Å². The smallest absolute Gasteiger partial charge is 0.322 e. The largest absolute Gasteiger partial charge is 0.417 e. The monoisotopic (exact) mass is 455 g/mol. The van der Waals surface area contributed by atoms with E-state index in [0.717, 1.165) is 6.07 Å². The zero-order valence-electron chi connectivity index (χ0n) is 17.0. The molecule has 0 bridgehead atoms. The fourth-order valence-electron chi connectivity index (χ4n) is 4.24. The number of piperidine rings is 1. The molecule has 1 saturated heterocycles. The van der Waals surface area contributed by atoms with Gasteiger partial charge in [-0.1, -0.05) is 29.5 Å². The minimum atomic E-state index is -4.55. The average Bonchev–Trinajstić information content (AvgIpc) is 3.39. The number of aromatic nitrogens is 3. The fourth-order valence-corrected chi connectivity index (χ4v) is 4.24. The number of nitrogens with zero attached hydrogens (tertiary/aromatic N) is 4. The van der Waals surface area contributed by atoms with Gasteiger partial charge < -0.3 is 4.90 Å². The molecule has 0 radical (unpaired) electrons. The Morgan fingerprint density at radius 1 is 1.00 bits per heavy atom. The number of hydrogen-bond donors (Lipinski definition) is 1. The Morgan fingerprint density at radius 2 is 1.76 bits per heavy atom. The SMILES string of the molecule is O=C1CCC(N2Cc3c(cccc3-n3cc(-c4ccccc4C(F)(F)F)nn3)C2=O)C(=O)N1. The standard InChI is InChI=1S/C22H16F3N5O3/c23-22(24,25)15-6-2-1-4-13(15)16-11-30(28-27-16)17-7-3-5-12-14(17)10-29(21(12)33)18-8-9-19(31)26-20(18)32/h1-7,11,18H,8-10H2,(H,26,31,32). The Labute approximate surface area is 185 Å². The molecular weight excluding hydrogens is 439 g/mol. The molecule has 1 atom stereocenters. The van der Waals surface area contributed by atoms with E-state index in [4.69, 9.17) is 0 Å². The summed E-state index contributed by atoms with van der Waals surface area (Å²) in [4.78, 5) is 38.1. The van der Waals surface area contributed by atoms with Gasteiger partial charge >= 0.3 is 6.18 Å². The molecule has 3 heterocycles. The van der Waals surface area contributed by atoms with Crippen LogP contribution in [0.3, 0.4) is 0 Å². The topological polar surface area (TPSA) is 97.2 Å². The molecule has 1 fully saturated rings. The number of nitrogens with one attached hydrogen (secondary N) is 1. The molecule has 33 heavy (non-hydrogen) atoms. The molecule has 1 unspecified atom stereocenters. The van der Waals surface area contributed by atoms with Gasteiger partial charge in [-0.25, -0.2) is 4.68 Å². The highest BCUT2D eigenvalue weighted by Gasteiger charge is 2.40. The molecule has 1 aromatic heterocycles. The highest BCUT2D eigenvalue weighted by molar-refractivity contribution is 6.05. The van der Waals surface area contributed by atoms with Gasteiger partial charge in [-0.05, 0) is 24.6 Å². The Morgan fingerprint density at radius 3 is 2.52 bits per heavy atom. The van der Waals surface area contributed by atoms with E-state index >= 15 is 0 Å². The second-order valence-electron chi connectivity index (χ2n) is 7.79. The highest BCUT2D eigenvalue weighted by atomic mass is 19.4. The molecule has 11 heteroatoms. The van der Waals surface area contributed by atoms with Crippen molar-refractivity contribution in [1.29, 1.82) is 0 Å². The number of benzene rings is 2. The quantitative estimate of drug-likeness (QED) is 0.613. The van der Waals surface area contributed by atoms with Gasteiger partial charge in [0.25, 0.3) is 5.91 Å². The molecular formula is C22H16F3N5O3. The summed E-state index contributed by atoms with van der Waals surface area (Å²) in [6, 6.07) is 9.23. The van der Waals surface area contributed by atoms with Crippen LogP contribution in [0.25, 0.3) is 16.9 Å². The van der Waals surface area contributed by atoms with Gasteiger partial charge in [0, 0.05) is 29.7 Å². The average molecular weight is 455 g/mol. The number of imide groups is 1. The summed E-state index contributed by atoms with van der Waals surface area (Å²) < 4.78 is 41.6. The molecule has 3 aromatic rings. The fraction of sp³-hybridized carbons (Fsp3) is 0.227. The van der Waals surface area contributed by atoms with Gasteiger partial charge in [-0.2, -0.15) is 13.2 Å². The van der Waals surface area contributed by atoms with E-state index in [1.165, 1.54) is 34.0 Å². The van der Waals surface area contributed by atoms with Crippen molar-refractivity contribution in [3.63, 3.8) is 0 Å². The summed E-state index contributed by atoms with van der Waals surface area (Å²) in [6.07, 6.45) is -2.82. The van der Waals surface area contributed by atoms with Crippen LogP contribution in [0.2, 0.25) is 0 Å². The van der Waals surface area contributed by atoms with Gasteiger partial charge in [-0.15, -0.1) is 5.10 Å². The van der Waals surface area contributed by atoms with Crippen LogP contribution < -0.4 is 5.32 Å². The van der Waals surface area contributed by atoms with Gasteiger partial charge in [0.2, 0.25) is 11.8 Å². The van der Waals surface area contributed by atoms with Crippen LogP contribution in [-0.2, 0) is 22.3 Å². The molecule has 5 rings (SSSR count). The summed E-state index contributed by atoms with van der Waals surface area (Å²) in [5.74, 6) is -1.26. The molecule has 168 valence electrons. The summed E-state index contributed by atoms with van der Waals surface area (Å²) in [6.45, 7) is 0.102. The number of amides is 3. The van der Waals surface area contributed by atoms with E-state index in [0.29, 0.717) is 16.8 Å². The Balaban J connectivity index is 1.50. The summed E-state index contributed by atoms with van der Waals surface area (Å²) in [5.41, 5.74) is 0.517. The predicted molar refractivity (Wildman–Crippen MR) is 108 cm³/mol. The lowest BCUT2D eigenvalue weighted by molar-refractivity contribution is -0.138. The van der Waals surface area contributed by atoms with E-state index in [1.54, 1.807) is 18.2 Å². The van der Waals surface area contributed by atoms with Crippen LogP contribution >= 0.6 is 0 Å². The molecule has 3 amide bonds. The predicted octanol–water partition coefficient (Wildman–Crippen LogP) is 2.71. The first-order valence-corrected chi connectivity index (χ1v) is 10.1. The first kappa shape index (κ1) is 20.9. The van der Waals surface area contributed by atoms with Crippen molar-refractivity contribution in [3.05, 3.63) is 65.4 Å². The minimum absolute atomic E-state index is 0.0341. The first-order chi connectivity index (χ1) is 15.7. The summed E-state index contributed by atoms with van der Waals surface area (Å²) >= 11 is 0. The summed E-state index contributed by atoms with van der Waals surface area (Å²) in [5, 5.41) is 10.2. The van der Waals surface area contributed by atoms with E-state index in [-0.39, 0.29) is 42.5 Å². The lowest BCUT2D eigenvalue weighted by atomic mass is 10.0. The van der Waals surface area contributed by atoms with E-state index in [9.17, 15) is 27.6 Å². The maximum atomic E-state index is 13.4. The number of hydrogen-bond acceptors (Lipinski definition) is 5. The van der Waals surface area contributed by atoms with Crippen molar-refractivity contribution in [1.82, 2.24) is 25.2 Å². The minimum Gasteiger partial charge on any atom is -0.322 e. The molecule has 0 spiro atoms. The lowest BCUT2D eigenvalue weighted by Gasteiger charge is -2.29. The Hall–Kier alpha value is -4.02. The normalized spacial score (nSPS) is 18.5. The van der Waals surface area contributed by atoms with Crippen molar-refractivity contribution in [2.45, 2.75) is 31.6 Å². The first-order valence-electron chi connectivity index (χ1n) is 10.1. The van der Waals surface area contributed by atoms with Crippen molar-refractivity contribution in [2.75, 3.05) is 0 Å². The molecule has 2 aliphatic rings. The lowest BCUT2D eigenvalue weighted by Crippen LogP contribution is -2.52. The van der Waals surface area contributed by atoms with Crippen LogP contribution in [0.1, 0.15) is 34.3 Å². The maximum absolute atomic E-state index is 13.4. The third-order valence-corrected chi connectivity index (χ3v) is 5.81. The van der Waals surface area contributed by atoms with E-state index < -0.39 is 23.7 Å². The number of carbonyl (C=O) groups excluding carboxylic acids is 3. The molecule has 1 N–H and O–H groups in total. The Bertz CT molecular complexity index is 1300. The molecule has 8 nitrogen and oxygen atoms in total. The molecule has 0 saturated carbocycles. The van der Waals surface area contributed by atoms with Crippen molar-refractivity contribution in [2.24, 2.45) is 0 Å². The molecule has 2 aliphatic heterocycles. The van der Waals surface area contributed by atoms with Crippen LogP contribution in [0.5, 0.6) is 0 Å². The van der Waals surface area contributed by atoms with Gasteiger partial charge in [-0.3, -0.25) is 19.7 Å². The maximum Gasteiger partial charge on any atom is 0.417 e. The number of carbonyl (C=O) groups is 3. The van der Waals surface area contributed by atoms with Gasteiger partial charge in [0.15, 0.2) is 0 Å². The van der Waals surface area contributed by atoms with Crippen molar-refractivity contribution < 1.29 is 27.6 Å². The second-order valence-corrected chi connectivity index (χ2v) is 7.79. The van der Waals surface area contributed by atoms with Crippen LogP contribution in [0.4, 0.5) is 13.2 Å². The zero-order valence-corrected chi connectivity index (χ0v) is 17.0. The number of rotatable bonds is 3. The third-order valence-electron chi connectivity index (χ3n) is 5.81. The summed E-state index contributed by atoms with van der Waals surface area (Å²) in [7, 11) is 0. The highest BCUT2D eigenvalue weighted by Crippen LogP contribution is 2.37. The van der Waals surface area contributed by atoms with Crippen molar-refractivity contribution in [3.8, 4) is 16.9 Å². The van der Waals surface area contributed by atoms with Crippen LogP contribution in [-0.4, -0.2) is 43.7 Å². The number of alkyl halides is 3. The van der Waals surface area contributed by atoms with Gasteiger partial charge in [0.05, 0.1) is 17.4 Å². The van der Waals surface area contributed by atoms with Gasteiger partial charge in [0.1, 0.15) is 11.7 Å². The van der Waals surface area contributed by atoms with E-state index in [2.05, 4.69) is 15.6 Å². The Kier molecular flexibility index (Phi) is 4.76.